The van der Waals surface area contributed by atoms with Gasteiger partial charge >= 0.3 is 0 Å². The standard InChI is InChI=1S/C14H24N2O2/c1-10-3-6-12(7-4-10)16(2)14(18)11-5-8-13(17)15-9-11/h10-12H,3-9H2,1-2H3,(H,15,17). The van der Waals surface area contributed by atoms with Crippen LogP contribution in [0.4, 0.5) is 0 Å². The molecule has 1 atom stereocenters. The number of carbonyl (C=O) groups excluding carboxylic acids is 2. The highest BCUT2D eigenvalue weighted by Crippen LogP contribution is 2.27. The van der Waals surface area contributed by atoms with Gasteiger partial charge < -0.3 is 10.2 Å². The Labute approximate surface area is 109 Å². The van der Waals surface area contributed by atoms with Crippen molar-refractivity contribution < 1.29 is 9.59 Å². The molecule has 1 N–H and O–H groups in total. The summed E-state index contributed by atoms with van der Waals surface area (Å²) >= 11 is 0. The van der Waals surface area contributed by atoms with Crippen LogP contribution in [0, 0.1) is 11.8 Å². The van der Waals surface area contributed by atoms with Crippen molar-refractivity contribution >= 4 is 11.8 Å². The van der Waals surface area contributed by atoms with Gasteiger partial charge in [-0.05, 0) is 38.0 Å². The quantitative estimate of drug-likeness (QED) is 0.810. The van der Waals surface area contributed by atoms with Crippen LogP contribution >= 0.6 is 0 Å². The fourth-order valence-corrected chi connectivity index (χ4v) is 3.04. The minimum Gasteiger partial charge on any atom is -0.355 e. The van der Waals surface area contributed by atoms with Crippen LogP contribution < -0.4 is 5.32 Å². The van der Waals surface area contributed by atoms with E-state index in [2.05, 4.69) is 12.2 Å². The normalized spacial score (nSPS) is 32.8. The molecule has 1 heterocycles. The van der Waals surface area contributed by atoms with Crippen LogP contribution in [0.3, 0.4) is 0 Å². The van der Waals surface area contributed by atoms with Gasteiger partial charge in [0.15, 0.2) is 0 Å². The average molecular weight is 252 g/mol. The van der Waals surface area contributed by atoms with Gasteiger partial charge in [0.25, 0.3) is 0 Å². The van der Waals surface area contributed by atoms with Crippen molar-refractivity contribution in [3.8, 4) is 0 Å². The van der Waals surface area contributed by atoms with Gasteiger partial charge in [-0.2, -0.15) is 0 Å². The van der Waals surface area contributed by atoms with Crippen molar-refractivity contribution in [3.63, 3.8) is 0 Å². The third-order valence-corrected chi connectivity index (χ3v) is 4.50. The van der Waals surface area contributed by atoms with E-state index in [1.807, 2.05) is 11.9 Å². The molecule has 0 aromatic rings. The lowest BCUT2D eigenvalue weighted by Gasteiger charge is -2.36. The molecule has 1 saturated carbocycles. The maximum atomic E-state index is 12.4. The Morgan fingerprint density at radius 3 is 2.44 bits per heavy atom. The molecule has 0 radical (unpaired) electrons. The molecule has 1 saturated heterocycles. The van der Waals surface area contributed by atoms with Gasteiger partial charge in [0.1, 0.15) is 0 Å². The summed E-state index contributed by atoms with van der Waals surface area (Å²) in [6.45, 7) is 2.81. The molecule has 2 fully saturated rings. The van der Waals surface area contributed by atoms with Crippen molar-refractivity contribution in [2.24, 2.45) is 11.8 Å². The van der Waals surface area contributed by atoms with Crippen molar-refractivity contribution in [2.75, 3.05) is 13.6 Å². The van der Waals surface area contributed by atoms with Crippen molar-refractivity contribution in [2.45, 2.75) is 51.5 Å². The molecular weight excluding hydrogens is 228 g/mol. The number of carbonyl (C=O) groups is 2. The van der Waals surface area contributed by atoms with Gasteiger partial charge in [0.05, 0.1) is 5.92 Å². The fourth-order valence-electron chi connectivity index (χ4n) is 3.04. The second-order valence-electron chi connectivity index (χ2n) is 5.90. The predicted molar refractivity (Wildman–Crippen MR) is 69.9 cm³/mol. The molecular formula is C14H24N2O2. The summed E-state index contributed by atoms with van der Waals surface area (Å²) in [6, 6.07) is 0.409. The van der Waals surface area contributed by atoms with Crippen LogP contribution in [0.5, 0.6) is 0 Å². The highest BCUT2D eigenvalue weighted by atomic mass is 16.2. The minimum atomic E-state index is -0.00736. The van der Waals surface area contributed by atoms with E-state index in [0.29, 0.717) is 25.4 Å². The van der Waals surface area contributed by atoms with E-state index in [0.717, 1.165) is 18.8 Å². The molecule has 4 nitrogen and oxygen atoms in total. The molecule has 2 amide bonds. The number of hydrogen-bond donors (Lipinski definition) is 1. The van der Waals surface area contributed by atoms with Crippen LogP contribution in [0.2, 0.25) is 0 Å². The summed E-state index contributed by atoms with van der Waals surface area (Å²) in [6.07, 6.45) is 5.91. The molecule has 102 valence electrons. The number of hydrogen-bond acceptors (Lipinski definition) is 2. The number of amides is 2. The lowest BCUT2D eigenvalue weighted by molar-refractivity contribution is -0.138. The van der Waals surface area contributed by atoms with E-state index >= 15 is 0 Å². The summed E-state index contributed by atoms with van der Waals surface area (Å²) in [5, 5.41) is 2.79. The molecule has 1 unspecified atom stereocenters. The van der Waals surface area contributed by atoms with Crippen molar-refractivity contribution in [3.05, 3.63) is 0 Å². The van der Waals surface area contributed by atoms with E-state index in [-0.39, 0.29) is 17.7 Å². The van der Waals surface area contributed by atoms with Gasteiger partial charge in [-0.15, -0.1) is 0 Å². The Morgan fingerprint density at radius 1 is 1.22 bits per heavy atom. The van der Waals surface area contributed by atoms with Crippen LogP contribution in [-0.4, -0.2) is 36.3 Å². The molecule has 18 heavy (non-hydrogen) atoms. The fraction of sp³-hybridized carbons (Fsp3) is 0.857. The molecule has 0 aromatic heterocycles. The number of nitrogens with zero attached hydrogens (tertiary/aromatic N) is 1. The summed E-state index contributed by atoms with van der Waals surface area (Å²) in [7, 11) is 1.93. The van der Waals surface area contributed by atoms with Crippen LogP contribution in [0.25, 0.3) is 0 Å². The van der Waals surface area contributed by atoms with E-state index in [9.17, 15) is 9.59 Å². The lowest BCUT2D eigenvalue weighted by Crippen LogP contribution is -2.47. The monoisotopic (exact) mass is 252 g/mol. The second-order valence-corrected chi connectivity index (χ2v) is 5.90. The molecule has 2 rings (SSSR count). The van der Waals surface area contributed by atoms with Gasteiger partial charge in [0, 0.05) is 26.1 Å². The lowest BCUT2D eigenvalue weighted by atomic mass is 9.86. The Morgan fingerprint density at radius 2 is 1.89 bits per heavy atom. The average Bonchev–Trinajstić information content (AvgIpc) is 2.39. The van der Waals surface area contributed by atoms with Gasteiger partial charge in [0.2, 0.25) is 11.8 Å². The first-order chi connectivity index (χ1) is 8.58. The largest absolute Gasteiger partial charge is 0.355 e. The van der Waals surface area contributed by atoms with E-state index in [1.54, 1.807) is 0 Å². The third kappa shape index (κ3) is 3.03. The van der Waals surface area contributed by atoms with Gasteiger partial charge in [-0.1, -0.05) is 6.92 Å². The molecule has 0 aromatic carbocycles. The summed E-state index contributed by atoms with van der Waals surface area (Å²) in [5.74, 6) is 1.09. The van der Waals surface area contributed by atoms with Crippen LogP contribution in [-0.2, 0) is 9.59 Å². The molecule has 4 heteroatoms. The van der Waals surface area contributed by atoms with E-state index < -0.39 is 0 Å². The van der Waals surface area contributed by atoms with Gasteiger partial charge in [-0.25, -0.2) is 0 Å². The Hall–Kier alpha value is -1.06. The second kappa shape index (κ2) is 5.72. The number of nitrogens with one attached hydrogen (secondary N) is 1. The smallest absolute Gasteiger partial charge is 0.227 e. The molecule has 2 aliphatic rings. The maximum absolute atomic E-state index is 12.4. The minimum absolute atomic E-state index is 0.00736. The van der Waals surface area contributed by atoms with Crippen molar-refractivity contribution in [1.29, 1.82) is 0 Å². The third-order valence-electron chi connectivity index (χ3n) is 4.50. The van der Waals surface area contributed by atoms with Gasteiger partial charge in [-0.3, -0.25) is 9.59 Å². The predicted octanol–water partition coefficient (Wildman–Crippen LogP) is 1.55. The first-order valence-corrected chi connectivity index (χ1v) is 7.11. The maximum Gasteiger partial charge on any atom is 0.227 e. The molecule has 0 bridgehead atoms. The first kappa shape index (κ1) is 13.4. The Bertz CT molecular complexity index is 312. The van der Waals surface area contributed by atoms with E-state index in [1.165, 1.54) is 12.8 Å². The van der Waals surface area contributed by atoms with Crippen LogP contribution in [0.1, 0.15) is 45.4 Å². The Balaban J connectivity index is 1.86. The molecule has 0 spiro atoms. The number of rotatable bonds is 2. The zero-order valence-electron chi connectivity index (χ0n) is 11.4. The zero-order valence-corrected chi connectivity index (χ0v) is 11.4. The summed E-state index contributed by atoms with van der Waals surface area (Å²) in [4.78, 5) is 25.4. The Kier molecular flexibility index (Phi) is 4.25. The first-order valence-electron chi connectivity index (χ1n) is 7.11. The molecule has 1 aliphatic carbocycles. The summed E-state index contributed by atoms with van der Waals surface area (Å²) in [5.41, 5.74) is 0. The summed E-state index contributed by atoms with van der Waals surface area (Å²) < 4.78 is 0. The molecule has 1 aliphatic heterocycles. The topological polar surface area (TPSA) is 49.4 Å². The highest BCUT2D eigenvalue weighted by molar-refractivity contribution is 5.83. The van der Waals surface area contributed by atoms with Crippen molar-refractivity contribution in [1.82, 2.24) is 10.2 Å². The van der Waals surface area contributed by atoms with Crippen LogP contribution in [0.15, 0.2) is 0 Å². The zero-order chi connectivity index (χ0) is 13.1. The number of piperidine rings is 1. The SMILES string of the molecule is CC1CCC(N(C)C(=O)C2CCC(=O)NC2)CC1. The highest BCUT2D eigenvalue weighted by Gasteiger charge is 2.31. The van der Waals surface area contributed by atoms with E-state index in [4.69, 9.17) is 0 Å².